The number of hydrogen-bond donors (Lipinski definition) is 3. The molecule has 0 spiro atoms. The summed E-state index contributed by atoms with van der Waals surface area (Å²) in [4.78, 5) is 22.1. The molecule has 0 radical (unpaired) electrons. The average Bonchev–Trinajstić information content (AvgIpc) is 2.66. The van der Waals surface area contributed by atoms with Gasteiger partial charge in [0, 0.05) is 25.9 Å². The van der Waals surface area contributed by atoms with Crippen molar-refractivity contribution in [3.05, 3.63) is 35.4 Å². The quantitative estimate of drug-likeness (QED) is 0.379. The minimum atomic E-state index is -2.68. The molecule has 4 N–H and O–H groups in total. The van der Waals surface area contributed by atoms with Crippen LogP contribution in [0.3, 0.4) is 0 Å². The van der Waals surface area contributed by atoms with Gasteiger partial charge in [-0.05, 0) is 45.2 Å². The summed E-state index contributed by atoms with van der Waals surface area (Å²) in [6.45, 7) is 9.18. The number of benzene rings is 1. The number of nitrogens with two attached hydrogens (primary N) is 1. The topological polar surface area (TPSA) is 121 Å². The number of carbonyl (C=O) groups is 2. The van der Waals surface area contributed by atoms with Crippen LogP contribution in [-0.2, 0) is 24.4 Å². The smallest absolute Gasteiger partial charge is 0.440 e. The summed E-state index contributed by atoms with van der Waals surface area (Å²) in [5.74, 6) is 0. The van der Waals surface area contributed by atoms with Gasteiger partial charge in [0.05, 0.1) is 0 Å². The Kier molecular flexibility index (Phi) is 10.5. The zero-order valence-electron chi connectivity index (χ0n) is 16.9. The summed E-state index contributed by atoms with van der Waals surface area (Å²) >= 11 is 0. The first-order valence-corrected chi connectivity index (χ1v) is 11.3. The molecule has 1 aromatic carbocycles. The molecule has 0 aliphatic heterocycles. The van der Waals surface area contributed by atoms with Crippen LogP contribution in [-0.4, -0.2) is 40.7 Å². The van der Waals surface area contributed by atoms with Gasteiger partial charge < -0.3 is 23.7 Å². The highest BCUT2D eigenvalue weighted by Crippen LogP contribution is 2.22. The van der Waals surface area contributed by atoms with E-state index in [1.165, 1.54) is 0 Å². The predicted octanol–water partition coefficient (Wildman–Crippen LogP) is 2.65. The lowest BCUT2D eigenvalue weighted by molar-refractivity contribution is 0.0714. The highest BCUT2D eigenvalue weighted by molar-refractivity contribution is 6.60. The molecule has 0 fully saturated rings. The van der Waals surface area contributed by atoms with Crippen LogP contribution in [0.4, 0.5) is 9.59 Å². The van der Waals surface area contributed by atoms with E-state index in [0.29, 0.717) is 25.9 Å². The molecule has 9 nitrogen and oxygen atoms in total. The molecule has 1 aromatic rings. The minimum absolute atomic E-state index is 0.493. The first-order valence-electron chi connectivity index (χ1n) is 9.38. The Balaban J connectivity index is 2.65. The van der Waals surface area contributed by atoms with E-state index in [9.17, 15) is 9.59 Å². The molecule has 1 unspecified atom stereocenters. The van der Waals surface area contributed by atoms with E-state index < -0.39 is 27.0 Å². The average molecular weight is 414 g/mol. The normalized spacial score (nSPS) is 12.3. The van der Waals surface area contributed by atoms with Gasteiger partial charge in [0.1, 0.15) is 6.10 Å². The molecular formula is C18H31N3O6Si. The first-order chi connectivity index (χ1) is 13.4. The molecule has 1 atom stereocenters. The van der Waals surface area contributed by atoms with Gasteiger partial charge in [-0.1, -0.05) is 24.3 Å². The lowest BCUT2D eigenvalue weighted by Gasteiger charge is -2.28. The number of rotatable bonds is 11. The second-order valence-electron chi connectivity index (χ2n) is 5.89. The Morgan fingerprint density at radius 1 is 1.00 bits per heavy atom. The van der Waals surface area contributed by atoms with E-state index in [1.54, 1.807) is 6.92 Å². The Morgan fingerprint density at radius 3 is 2.00 bits per heavy atom. The highest BCUT2D eigenvalue weighted by atomic mass is 28.4. The molecule has 0 aromatic heterocycles. The largest absolute Gasteiger partial charge is 0.501 e. The Bertz CT molecular complexity index is 597. The van der Waals surface area contributed by atoms with E-state index in [0.717, 1.165) is 17.5 Å². The van der Waals surface area contributed by atoms with Crippen LogP contribution in [0.25, 0.3) is 0 Å². The summed E-state index contributed by atoms with van der Waals surface area (Å²) in [7, 11) is -2.68. The fourth-order valence-corrected chi connectivity index (χ4v) is 5.22. The standard InChI is InChI=1S/C18H31N3O6Si/c1-5-24-28(25-6-2,26-7-3)13-12-15-8-10-16(11-9-15)14(4)27-18(23)21-20-17(19)22/h8-11,14H,5-7,12-13H2,1-4H3,(H,21,23)(H3,19,20,22). The number of ether oxygens (including phenoxy) is 1. The van der Waals surface area contributed by atoms with Crippen molar-refractivity contribution in [3.63, 3.8) is 0 Å². The van der Waals surface area contributed by atoms with Gasteiger partial charge in [0.25, 0.3) is 0 Å². The van der Waals surface area contributed by atoms with Crippen LogP contribution in [0.2, 0.25) is 6.04 Å². The van der Waals surface area contributed by atoms with E-state index in [1.807, 2.05) is 55.9 Å². The van der Waals surface area contributed by atoms with E-state index >= 15 is 0 Å². The number of carbonyl (C=O) groups excluding carboxylic acids is 2. The molecule has 0 bridgehead atoms. The number of aryl methyl sites for hydroxylation is 1. The van der Waals surface area contributed by atoms with Crippen molar-refractivity contribution in [1.29, 1.82) is 0 Å². The van der Waals surface area contributed by atoms with Crippen LogP contribution < -0.4 is 16.6 Å². The maximum Gasteiger partial charge on any atom is 0.501 e. The number of urea groups is 1. The van der Waals surface area contributed by atoms with Crippen molar-refractivity contribution in [3.8, 4) is 0 Å². The van der Waals surface area contributed by atoms with Gasteiger partial charge >= 0.3 is 20.9 Å². The van der Waals surface area contributed by atoms with Gasteiger partial charge in [-0.2, -0.15) is 0 Å². The van der Waals surface area contributed by atoms with Crippen molar-refractivity contribution >= 4 is 20.9 Å². The SMILES string of the molecule is CCO[Si](CCc1ccc(C(C)OC(=O)NNC(N)=O)cc1)(OCC)OCC. The molecule has 1 rings (SSSR count). The molecule has 0 saturated carbocycles. The Labute approximate surface area is 167 Å². The van der Waals surface area contributed by atoms with Crippen LogP contribution in [0.15, 0.2) is 24.3 Å². The molecular weight excluding hydrogens is 382 g/mol. The number of hydrazine groups is 1. The predicted molar refractivity (Wildman–Crippen MR) is 106 cm³/mol. The molecule has 0 heterocycles. The summed E-state index contributed by atoms with van der Waals surface area (Å²) < 4.78 is 22.8. The Morgan fingerprint density at radius 2 is 1.54 bits per heavy atom. The molecule has 28 heavy (non-hydrogen) atoms. The maximum atomic E-state index is 11.6. The Hall–Kier alpha value is -2.14. The van der Waals surface area contributed by atoms with Gasteiger partial charge in [-0.3, -0.25) is 0 Å². The van der Waals surface area contributed by atoms with E-state index in [2.05, 4.69) is 0 Å². The van der Waals surface area contributed by atoms with Gasteiger partial charge in [-0.25, -0.2) is 20.4 Å². The lowest BCUT2D eigenvalue weighted by atomic mass is 10.1. The second kappa shape index (κ2) is 12.3. The third-order valence-corrected chi connectivity index (χ3v) is 6.88. The summed E-state index contributed by atoms with van der Waals surface area (Å²) in [6.07, 6.45) is -0.533. The van der Waals surface area contributed by atoms with Gasteiger partial charge in [-0.15, -0.1) is 0 Å². The fourth-order valence-electron chi connectivity index (χ4n) is 2.62. The number of amides is 3. The zero-order valence-corrected chi connectivity index (χ0v) is 17.9. The molecule has 0 aliphatic rings. The summed E-state index contributed by atoms with van der Waals surface area (Å²) in [5.41, 5.74) is 10.8. The van der Waals surface area contributed by atoms with Crippen molar-refractivity contribution in [2.24, 2.45) is 5.73 Å². The molecule has 3 amide bonds. The van der Waals surface area contributed by atoms with Crippen molar-refractivity contribution in [1.82, 2.24) is 10.9 Å². The fraction of sp³-hybridized carbons (Fsp3) is 0.556. The lowest BCUT2D eigenvalue weighted by Crippen LogP contribution is -2.46. The van der Waals surface area contributed by atoms with Crippen molar-refractivity contribution in [2.75, 3.05) is 19.8 Å². The van der Waals surface area contributed by atoms with Crippen LogP contribution in [0, 0.1) is 0 Å². The van der Waals surface area contributed by atoms with Crippen LogP contribution in [0.5, 0.6) is 0 Å². The van der Waals surface area contributed by atoms with Crippen LogP contribution in [0.1, 0.15) is 44.9 Å². The van der Waals surface area contributed by atoms with Crippen molar-refractivity contribution in [2.45, 2.75) is 46.3 Å². The number of primary amides is 1. The number of nitrogens with one attached hydrogen (secondary N) is 2. The molecule has 0 aliphatic carbocycles. The first kappa shape index (κ1) is 23.9. The molecule has 0 saturated heterocycles. The third-order valence-electron chi connectivity index (χ3n) is 3.83. The van der Waals surface area contributed by atoms with E-state index in [4.69, 9.17) is 23.7 Å². The summed E-state index contributed by atoms with van der Waals surface area (Å²) in [6, 6.07) is 7.53. The monoisotopic (exact) mass is 413 g/mol. The van der Waals surface area contributed by atoms with Crippen LogP contribution >= 0.6 is 0 Å². The minimum Gasteiger partial charge on any atom is -0.440 e. The van der Waals surface area contributed by atoms with Gasteiger partial charge in [0.15, 0.2) is 0 Å². The summed E-state index contributed by atoms with van der Waals surface area (Å²) in [5, 5.41) is 0. The van der Waals surface area contributed by atoms with E-state index in [-0.39, 0.29) is 0 Å². The van der Waals surface area contributed by atoms with Gasteiger partial charge in [0.2, 0.25) is 0 Å². The maximum absolute atomic E-state index is 11.6. The third kappa shape index (κ3) is 8.25. The highest BCUT2D eigenvalue weighted by Gasteiger charge is 2.39. The molecule has 10 heteroatoms. The van der Waals surface area contributed by atoms with Crippen molar-refractivity contribution < 1.29 is 27.6 Å². The second-order valence-corrected chi connectivity index (χ2v) is 8.62. The number of hydrogen-bond acceptors (Lipinski definition) is 6. The molecule has 158 valence electrons. The zero-order chi connectivity index (χ0) is 21.0.